The van der Waals surface area contributed by atoms with E-state index in [0.717, 1.165) is 51.5 Å². The zero-order valence-corrected chi connectivity index (χ0v) is 14.1. The lowest BCUT2D eigenvalue weighted by atomic mass is 9.93. The SMILES string of the molecule is C=CCNC(=O)N1CCC(CCN2C[C@@H](C)O[C@@H](C)C2)CC1. The van der Waals surface area contributed by atoms with E-state index in [-0.39, 0.29) is 6.03 Å². The molecule has 0 saturated carbocycles. The van der Waals surface area contributed by atoms with Gasteiger partial charge in [-0.1, -0.05) is 6.08 Å². The number of likely N-dealkylation sites (tertiary alicyclic amines) is 1. The monoisotopic (exact) mass is 309 g/mol. The van der Waals surface area contributed by atoms with Gasteiger partial charge in [-0.2, -0.15) is 0 Å². The van der Waals surface area contributed by atoms with Crippen molar-refractivity contribution in [1.82, 2.24) is 15.1 Å². The average molecular weight is 309 g/mol. The van der Waals surface area contributed by atoms with Crippen molar-refractivity contribution in [2.45, 2.75) is 45.3 Å². The van der Waals surface area contributed by atoms with Crippen LogP contribution in [0.25, 0.3) is 0 Å². The molecule has 2 atom stereocenters. The smallest absolute Gasteiger partial charge is 0.317 e. The molecule has 22 heavy (non-hydrogen) atoms. The Balaban J connectivity index is 1.65. The van der Waals surface area contributed by atoms with Crippen molar-refractivity contribution in [3.8, 4) is 0 Å². The van der Waals surface area contributed by atoms with Crippen molar-refractivity contribution in [2.75, 3.05) is 39.3 Å². The number of rotatable bonds is 5. The van der Waals surface area contributed by atoms with Crippen LogP contribution in [0.15, 0.2) is 12.7 Å². The third kappa shape index (κ3) is 5.29. The summed E-state index contributed by atoms with van der Waals surface area (Å²) >= 11 is 0. The van der Waals surface area contributed by atoms with Gasteiger partial charge >= 0.3 is 6.03 Å². The first-order chi connectivity index (χ1) is 10.6. The van der Waals surface area contributed by atoms with Crippen molar-refractivity contribution in [2.24, 2.45) is 5.92 Å². The highest BCUT2D eigenvalue weighted by Gasteiger charge is 2.25. The van der Waals surface area contributed by atoms with Crippen LogP contribution < -0.4 is 5.32 Å². The van der Waals surface area contributed by atoms with E-state index in [1.807, 2.05) is 4.90 Å². The Morgan fingerprint density at radius 1 is 1.27 bits per heavy atom. The number of hydrogen-bond donors (Lipinski definition) is 1. The molecule has 5 nitrogen and oxygen atoms in total. The van der Waals surface area contributed by atoms with Gasteiger partial charge in [0.2, 0.25) is 0 Å². The molecule has 2 saturated heterocycles. The molecule has 126 valence electrons. The number of amides is 2. The maximum Gasteiger partial charge on any atom is 0.317 e. The normalized spacial score (nSPS) is 27.6. The molecule has 0 spiro atoms. The molecule has 2 amide bonds. The molecule has 2 rings (SSSR count). The third-order valence-electron chi connectivity index (χ3n) is 4.65. The summed E-state index contributed by atoms with van der Waals surface area (Å²) in [6, 6.07) is 0.0502. The Bertz CT molecular complexity index is 357. The van der Waals surface area contributed by atoms with Gasteiger partial charge in [0.05, 0.1) is 12.2 Å². The molecule has 2 aliphatic rings. The highest BCUT2D eigenvalue weighted by atomic mass is 16.5. The number of piperidine rings is 1. The summed E-state index contributed by atoms with van der Waals surface area (Å²) in [6.07, 6.45) is 5.89. The first kappa shape index (κ1) is 17.3. The Labute approximate surface area is 134 Å². The highest BCUT2D eigenvalue weighted by Crippen LogP contribution is 2.22. The van der Waals surface area contributed by atoms with Crippen LogP contribution in [-0.2, 0) is 4.74 Å². The number of carbonyl (C=O) groups is 1. The predicted molar refractivity (Wildman–Crippen MR) is 89.0 cm³/mol. The highest BCUT2D eigenvalue weighted by molar-refractivity contribution is 5.74. The zero-order chi connectivity index (χ0) is 15.9. The van der Waals surface area contributed by atoms with E-state index in [4.69, 9.17) is 4.74 Å². The molecule has 1 N–H and O–H groups in total. The van der Waals surface area contributed by atoms with Crippen molar-refractivity contribution in [3.05, 3.63) is 12.7 Å². The lowest BCUT2D eigenvalue weighted by Gasteiger charge is -2.37. The minimum absolute atomic E-state index is 0.0502. The Morgan fingerprint density at radius 2 is 1.91 bits per heavy atom. The number of ether oxygens (including phenoxy) is 1. The number of carbonyl (C=O) groups excluding carboxylic acids is 1. The van der Waals surface area contributed by atoms with Gasteiger partial charge in [0.25, 0.3) is 0 Å². The molecule has 0 bridgehead atoms. The van der Waals surface area contributed by atoms with Crippen LogP contribution in [0.4, 0.5) is 4.79 Å². The molecule has 2 fully saturated rings. The fourth-order valence-electron chi connectivity index (χ4n) is 3.53. The van der Waals surface area contributed by atoms with E-state index < -0.39 is 0 Å². The molecule has 0 unspecified atom stereocenters. The lowest BCUT2D eigenvalue weighted by molar-refractivity contribution is -0.0692. The summed E-state index contributed by atoms with van der Waals surface area (Å²) in [5.41, 5.74) is 0. The van der Waals surface area contributed by atoms with Crippen LogP contribution in [0.5, 0.6) is 0 Å². The summed E-state index contributed by atoms with van der Waals surface area (Å²) in [7, 11) is 0. The Hall–Kier alpha value is -1.07. The van der Waals surface area contributed by atoms with Gasteiger partial charge in [0, 0.05) is 32.7 Å². The van der Waals surface area contributed by atoms with Crippen LogP contribution in [0.2, 0.25) is 0 Å². The van der Waals surface area contributed by atoms with Gasteiger partial charge in [-0.3, -0.25) is 4.90 Å². The summed E-state index contributed by atoms with van der Waals surface area (Å²) in [5, 5.41) is 2.86. The van der Waals surface area contributed by atoms with Gasteiger partial charge in [-0.05, 0) is 45.6 Å². The van der Waals surface area contributed by atoms with Crippen molar-refractivity contribution in [3.63, 3.8) is 0 Å². The van der Waals surface area contributed by atoms with Gasteiger partial charge in [-0.25, -0.2) is 4.79 Å². The van der Waals surface area contributed by atoms with Crippen molar-refractivity contribution in [1.29, 1.82) is 0 Å². The van der Waals surface area contributed by atoms with Crippen molar-refractivity contribution < 1.29 is 9.53 Å². The van der Waals surface area contributed by atoms with Crippen LogP contribution in [0.3, 0.4) is 0 Å². The van der Waals surface area contributed by atoms with E-state index >= 15 is 0 Å². The van der Waals surface area contributed by atoms with Crippen LogP contribution in [0.1, 0.15) is 33.1 Å². The molecule has 0 radical (unpaired) electrons. The number of morpholine rings is 1. The molecule has 0 aliphatic carbocycles. The first-order valence-corrected chi connectivity index (χ1v) is 8.60. The topological polar surface area (TPSA) is 44.8 Å². The van der Waals surface area contributed by atoms with Gasteiger partial charge in [0.1, 0.15) is 0 Å². The largest absolute Gasteiger partial charge is 0.373 e. The number of nitrogens with zero attached hydrogens (tertiary/aromatic N) is 2. The average Bonchev–Trinajstić information content (AvgIpc) is 2.50. The van der Waals surface area contributed by atoms with Crippen LogP contribution >= 0.6 is 0 Å². The molecule has 0 aromatic carbocycles. The second-order valence-corrected chi connectivity index (χ2v) is 6.71. The van der Waals surface area contributed by atoms with E-state index in [9.17, 15) is 4.79 Å². The van der Waals surface area contributed by atoms with Crippen LogP contribution in [0, 0.1) is 5.92 Å². The number of nitrogens with one attached hydrogen (secondary N) is 1. The molecular formula is C17H31N3O2. The maximum absolute atomic E-state index is 11.9. The Morgan fingerprint density at radius 3 is 2.50 bits per heavy atom. The zero-order valence-electron chi connectivity index (χ0n) is 14.1. The quantitative estimate of drug-likeness (QED) is 0.791. The second kappa shape index (κ2) is 8.53. The fourth-order valence-corrected chi connectivity index (χ4v) is 3.53. The first-order valence-electron chi connectivity index (χ1n) is 8.60. The Kier molecular flexibility index (Phi) is 6.70. The van der Waals surface area contributed by atoms with E-state index in [2.05, 4.69) is 30.6 Å². The molecule has 2 heterocycles. The maximum atomic E-state index is 11.9. The summed E-state index contributed by atoms with van der Waals surface area (Å²) < 4.78 is 5.78. The summed E-state index contributed by atoms with van der Waals surface area (Å²) in [4.78, 5) is 16.3. The standard InChI is InChI=1S/C17H31N3O2/c1-4-8-18-17(21)20-10-6-16(7-11-20)5-9-19-12-14(2)22-15(3)13-19/h4,14-16H,1,5-13H2,2-3H3,(H,18,21)/t14-,15+. The summed E-state index contributed by atoms with van der Waals surface area (Å²) in [5.74, 6) is 0.747. The van der Waals surface area contributed by atoms with Gasteiger partial charge in [0.15, 0.2) is 0 Å². The molecule has 5 heteroatoms. The van der Waals surface area contributed by atoms with Crippen molar-refractivity contribution >= 4 is 6.03 Å². The van der Waals surface area contributed by atoms with Crippen LogP contribution in [-0.4, -0.2) is 67.3 Å². The minimum Gasteiger partial charge on any atom is -0.373 e. The molecule has 2 aliphatic heterocycles. The number of urea groups is 1. The van der Waals surface area contributed by atoms with E-state index in [1.165, 1.54) is 6.42 Å². The van der Waals surface area contributed by atoms with E-state index in [0.29, 0.717) is 18.8 Å². The predicted octanol–water partition coefficient (Wildman–Crippen LogP) is 2.09. The number of hydrogen-bond acceptors (Lipinski definition) is 3. The molecular weight excluding hydrogens is 278 g/mol. The lowest BCUT2D eigenvalue weighted by Crippen LogP contribution is -2.47. The molecule has 0 aromatic heterocycles. The third-order valence-corrected chi connectivity index (χ3v) is 4.65. The minimum atomic E-state index is 0.0502. The van der Waals surface area contributed by atoms with E-state index in [1.54, 1.807) is 6.08 Å². The molecule has 0 aromatic rings. The van der Waals surface area contributed by atoms with Gasteiger partial charge < -0.3 is 15.0 Å². The fraction of sp³-hybridized carbons (Fsp3) is 0.824. The summed E-state index contributed by atoms with van der Waals surface area (Å²) in [6.45, 7) is 13.5. The van der Waals surface area contributed by atoms with Gasteiger partial charge in [-0.15, -0.1) is 6.58 Å². The second-order valence-electron chi connectivity index (χ2n) is 6.71.